The van der Waals surface area contributed by atoms with Gasteiger partial charge in [0.25, 0.3) is 0 Å². The number of aliphatic carboxylic acids is 1. The van der Waals surface area contributed by atoms with Crippen LogP contribution >= 0.6 is 11.6 Å². The number of carboxylic acids is 1. The predicted octanol–water partition coefficient (Wildman–Crippen LogP) is 3.76. The first-order chi connectivity index (χ1) is 8.34. The van der Waals surface area contributed by atoms with Gasteiger partial charge in [0.15, 0.2) is 0 Å². The van der Waals surface area contributed by atoms with Crippen LogP contribution < -0.4 is 0 Å². The molecule has 1 N–H and O–H groups in total. The largest absolute Gasteiger partial charge is 0.481 e. The van der Waals surface area contributed by atoms with Crippen molar-refractivity contribution in [2.45, 2.75) is 13.8 Å². The van der Waals surface area contributed by atoms with Gasteiger partial charge >= 0.3 is 5.97 Å². The SMILES string of the molecule is CC1(C)C(C=C(Cl)c2ccc(F)cc2)C1C(=O)O. The fourth-order valence-electron chi connectivity index (χ4n) is 2.32. The molecule has 0 radical (unpaired) electrons. The Balaban J connectivity index is 2.20. The first-order valence-electron chi connectivity index (χ1n) is 5.70. The van der Waals surface area contributed by atoms with Gasteiger partial charge in [0, 0.05) is 5.03 Å². The fraction of sp³-hybridized carbons (Fsp3) is 0.357. The van der Waals surface area contributed by atoms with Crippen molar-refractivity contribution in [2.75, 3.05) is 0 Å². The van der Waals surface area contributed by atoms with E-state index in [1.165, 1.54) is 12.1 Å². The van der Waals surface area contributed by atoms with Gasteiger partial charge in [0.05, 0.1) is 5.92 Å². The summed E-state index contributed by atoms with van der Waals surface area (Å²) in [6, 6.07) is 5.83. The Morgan fingerprint density at radius 1 is 1.39 bits per heavy atom. The lowest BCUT2D eigenvalue weighted by Crippen LogP contribution is -2.03. The molecule has 0 saturated heterocycles. The van der Waals surface area contributed by atoms with Crippen LogP contribution in [0.3, 0.4) is 0 Å². The number of halogens is 2. The summed E-state index contributed by atoms with van der Waals surface area (Å²) in [4.78, 5) is 11.0. The molecular formula is C14H14ClFO2. The maximum atomic E-state index is 12.8. The van der Waals surface area contributed by atoms with Crippen LogP contribution in [-0.4, -0.2) is 11.1 Å². The van der Waals surface area contributed by atoms with Gasteiger partial charge in [0.1, 0.15) is 5.82 Å². The zero-order valence-corrected chi connectivity index (χ0v) is 10.9. The highest BCUT2D eigenvalue weighted by atomic mass is 35.5. The van der Waals surface area contributed by atoms with E-state index in [0.29, 0.717) is 10.6 Å². The number of allylic oxidation sites excluding steroid dienone is 1. The summed E-state index contributed by atoms with van der Waals surface area (Å²) in [5, 5.41) is 9.53. The zero-order chi connectivity index (χ0) is 13.5. The number of benzene rings is 1. The Bertz CT molecular complexity index is 505. The van der Waals surface area contributed by atoms with Crippen molar-refractivity contribution in [1.82, 2.24) is 0 Å². The Hall–Kier alpha value is -1.35. The molecule has 2 atom stereocenters. The van der Waals surface area contributed by atoms with Crippen LogP contribution in [0.1, 0.15) is 19.4 Å². The average molecular weight is 269 g/mol. The van der Waals surface area contributed by atoms with Crippen molar-refractivity contribution in [1.29, 1.82) is 0 Å². The van der Waals surface area contributed by atoms with Crippen molar-refractivity contribution in [2.24, 2.45) is 17.3 Å². The van der Waals surface area contributed by atoms with Crippen molar-refractivity contribution < 1.29 is 14.3 Å². The summed E-state index contributed by atoms with van der Waals surface area (Å²) in [5.41, 5.74) is 0.427. The molecule has 0 aliphatic heterocycles. The van der Waals surface area contributed by atoms with Crippen molar-refractivity contribution in [3.8, 4) is 0 Å². The molecule has 2 nitrogen and oxygen atoms in total. The standard InChI is InChI=1S/C14H14ClFO2/c1-14(2)10(12(14)13(17)18)7-11(15)8-3-5-9(16)6-4-8/h3-7,10,12H,1-2H3,(H,17,18). The molecule has 0 aromatic heterocycles. The van der Waals surface area contributed by atoms with E-state index in [4.69, 9.17) is 16.7 Å². The summed E-state index contributed by atoms with van der Waals surface area (Å²) >= 11 is 6.14. The molecule has 1 aromatic carbocycles. The molecule has 2 rings (SSSR count). The quantitative estimate of drug-likeness (QED) is 0.906. The number of rotatable bonds is 3. The second kappa shape index (κ2) is 4.39. The molecule has 1 aromatic rings. The number of hydrogen-bond donors (Lipinski definition) is 1. The van der Waals surface area contributed by atoms with Gasteiger partial charge in [-0.15, -0.1) is 0 Å². The monoisotopic (exact) mass is 268 g/mol. The summed E-state index contributed by atoms with van der Waals surface area (Å²) < 4.78 is 12.8. The topological polar surface area (TPSA) is 37.3 Å². The number of hydrogen-bond acceptors (Lipinski definition) is 1. The highest BCUT2D eigenvalue weighted by Crippen LogP contribution is 2.59. The fourth-order valence-corrected chi connectivity index (χ4v) is 2.59. The molecule has 1 fully saturated rings. The molecular weight excluding hydrogens is 255 g/mol. The molecule has 96 valence electrons. The van der Waals surface area contributed by atoms with E-state index < -0.39 is 11.9 Å². The zero-order valence-electron chi connectivity index (χ0n) is 10.2. The van der Waals surface area contributed by atoms with Gasteiger partial charge in [-0.1, -0.05) is 43.7 Å². The summed E-state index contributed by atoms with van der Waals surface area (Å²) in [6.07, 6.45) is 1.76. The normalized spacial score (nSPS) is 25.9. The minimum atomic E-state index is -0.801. The van der Waals surface area contributed by atoms with E-state index in [1.54, 1.807) is 18.2 Å². The first-order valence-corrected chi connectivity index (χ1v) is 6.08. The van der Waals surface area contributed by atoms with Crippen molar-refractivity contribution in [3.05, 3.63) is 41.7 Å². The molecule has 2 unspecified atom stereocenters. The lowest BCUT2D eigenvalue weighted by atomic mass is 10.1. The Labute approximate surface area is 110 Å². The molecule has 1 saturated carbocycles. The smallest absolute Gasteiger partial charge is 0.307 e. The van der Waals surface area contributed by atoms with Crippen LogP contribution in [-0.2, 0) is 4.79 Å². The van der Waals surface area contributed by atoms with Crippen LogP contribution in [0.5, 0.6) is 0 Å². The minimum Gasteiger partial charge on any atom is -0.481 e. The Morgan fingerprint density at radius 3 is 2.39 bits per heavy atom. The van der Waals surface area contributed by atoms with Crippen LogP contribution in [0.4, 0.5) is 4.39 Å². The van der Waals surface area contributed by atoms with Gasteiger partial charge in [-0.25, -0.2) is 4.39 Å². The second-order valence-electron chi connectivity index (χ2n) is 5.18. The second-order valence-corrected chi connectivity index (χ2v) is 5.59. The van der Waals surface area contributed by atoms with Gasteiger partial charge in [0.2, 0.25) is 0 Å². The number of carboxylic acid groups (broad SMARTS) is 1. The first kappa shape index (κ1) is 13.1. The van der Waals surface area contributed by atoms with Crippen molar-refractivity contribution in [3.63, 3.8) is 0 Å². The minimum absolute atomic E-state index is 0.0763. The molecule has 1 aliphatic rings. The van der Waals surface area contributed by atoms with Crippen LogP contribution in [0, 0.1) is 23.1 Å². The van der Waals surface area contributed by atoms with E-state index in [9.17, 15) is 9.18 Å². The lowest BCUT2D eigenvalue weighted by Gasteiger charge is -2.00. The van der Waals surface area contributed by atoms with Gasteiger partial charge in [-0.3, -0.25) is 4.79 Å². The highest BCUT2D eigenvalue weighted by Gasteiger charge is 2.61. The predicted molar refractivity (Wildman–Crippen MR) is 68.6 cm³/mol. The van der Waals surface area contributed by atoms with E-state index in [1.807, 2.05) is 13.8 Å². The molecule has 0 heterocycles. The van der Waals surface area contributed by atoms with Crippen LogP contribution in [0.25, 0.3) is 5.03 Å². The average Bonchev–Trinajstić information content (AvgIpc) is 2.81. The molecule has 0 bridgehead atoms. The Kier molecular flexibility index (Phi) is 3.20. The van der Waals surface area contributed by atoms with Gasteiger partial charge in [-0.05, 0) is 29.0 Å². The summed E-state index contributed by atoms with van der Waals surface area (Å²) in [5.74, 6) is -1.59. The molecule has 0 amide bonds. The third-order valence-electron chi connectivity index (χ3n) is 3.62. The van der Waals surface area contributed by atoms with Crippen LogP contribution in [0.15, 0.2) is 30.3 Å². The Morgan fingerprint density at radius 2 is 1.94 bits per heavy atom. The molecule has 1 aliphatic carbocycles. The maximum absolute atomic E-state index is 12.8. The van der Waals surface area contributed by atoms with Gasteiger partial charge in [-0.2, -0.15) is 0 Å². The number of carbonyl (C=O) groups is 1. The molecule has 0 spiro atoms. The highest BCUT2D eigenvalue weighted by molar-refractivity contribution is 6.48. The summed E-state index contributed by atoms with van der Waals surface area (Å²) in [6.45, 7) is 3.81. The van der Waals surface area contributed by atoms with Crippen molar-refractivity contribution >= 4 is 22.6 Å². The molecule has 4 heteroatoms. The van der Waals surface area contributed by atoms with E-state index in [2.05, 4.69) is 0 Å². The third kappa shape index (κ3) is 2.27. The van der Waals surface area contributed by atoms with E-state index in [0.717, 1.165) is 0 Å². The van der Waals surface area contributed by atoms with Gasteiger partial charge < -0.3 is 5.11 Å². The summed E-state index contributed by atoms with van der Waals surface area (Å²) in [7, 11) is 0. The third-order valence-corrected chi connectivity index (χ3v) is 3.97. The van der Waals surface area contributed by atoms with E-state index in [-0.39, 0.29) is 17.2 Å². The lowest BCUT2D eigenvalue weighted by molar-refractivity contribution is -0.139. The van der Waals surface area contributed by atoms with Crippen LogP contribution in [0.2, 0.25) is 0 Å². The van der Waals surface area contributed by atoms with E-state index >= 15 is 0 Å². The maximum Gasteiger partial charge on any atom is 0.307 e. The molecule has 18 heavy (non-hydrogen) atoms.